The van der Waals surface area contributed by atoms with E-state index in [-0.39, 0.29) is 12.5 Å². The van der Waals surface area contributed by atoms with E-state index in [1.54, 1.807) is 24.3 Å². The zero-order chi connectivity index (χ0) is 13.0. The van der Waals surface area contributed by atoms with Crippen molar-refractivity contribution in [2.24, 2.45) is 0 Å². The van der Waals surface area contributed by atoms with Crippen molar-refractivity contribution in [2.75, 3.05) is 6.61 Å². The predicted molar refractivity (Wildman–Crippen MR) is 63.1 cm³/mol. The van der Waals surface area contributed by atoms with Crippen molar-refractivity contribution < 1.29 is 13.9 Å². The maximum Gasteiger partial charge on any atom is 0.447 e. The van der Waals surface area contributed by atoms with Gasteiger partial charge in [0.1, 0.15) is 6.61 Å². The largest absolute Gasteiger partial charge is 0.447 e. The molecule has 2 rings (SSSR count). The fourth-order valence-electron chi connectivity index (χ4n) is 1.28. The SMILES string of the molecule is C=CCOC(=O)n1nc(-c2ccccc2)oc1=O. The minimum Gasteiger partial charge on any atom is -0.444 e. The van der Waals surface area contributed by atoms with Crippen molar-refractivity contribution in [3.63, 3.8) is 0 Å². The molecule has 1 aromatic heterocycles. The molecule has 6 nitrogen and oxygen atoms in total. The van der Waals surface area contributed by atoms with Crippen molar-refractivity contribution in [2.45, 2.75) is 0 Å². The van der Waals surface area contributed by atoms with Gasteiger partial charge in [-0.25, -0.2) is 9.59 Å². The molecule has 0 radical (unpaired) electrons. The number of nitrogens with zero attached hydrogens (tertiary/aromatic N) is 2. The van der Waals surface area contributed by atoms with Gasteiger partial charge in [-0.3, -0.25) is 0 Å². The third-order valence-electron chi connectivity index (χ3n) is 2.07. The number of aromatic nitrogens is 2. The van der Waals surface area contributed by atoms with Crippen molar-refractivity contribution >= 4 is 6.09 Å². The van der Waals surface area contributed by atoms with Gasteiger partial charge in [-0.05, 0) is 12.1 Å². The average molecular weight is 246 g/mol. The van der Waals surface area contributed by atoms with Gasteiger partial charge in [0.05, 0.1) is 0 Å². The van der Waals surface area contributed by atoms with Crippen LogP contribution >= 0.6 is 0 Å². The number of benzene rings is 1. The molecule has 0 bridgehead atoms. The van der Waals surface area contributed by atoms with E-state index >= 15 is 0 Å². The Morgan fingerprint density at radius 3 is 2.83 bits per heavy atom. The maximum atomic E-state index is 11.4. The van der Waals surface area contributed by atoms with Crippen LogP contribution in [0.15, 0.2) is 52.2 Å². The Morgan fingerprint density at radius 2 is 2.17 bits per heavy atom. The summed E-state index contributed by atoms with van der Waals surface area (Å²) in [4.78, 5) is 22.9. The number of hydrogen-bond donors (Lipinski definition) is 0. The Hall–Kier alpha value is -2.63. The molecule has 0 aliphatic rings. The Bertz CT molecular complexity index is 613. The van der Waals surface area contributed by atoms with Crippen LogP contribution in [0.3, 0.4) is 0 Å². The highest BCUT2D eigenvalue weighted by Gasteiger charge is 2.16. The lowest BCUT2D eigenvalue weighted by Crippen LogP contribution is -2.25. The van der Waals surface area contributed by atoms with E-state index in [0.29, 0.717) is 10.2 Å². The Morgan fingerprint density at radius 1 is 1.44 bits per heavy atom. The summed E-state index contributed by atoms with van der Waals surface area (Å²) in [6, 6.07) is 8.78. The van der Waals surface area contributed by atoms with Crippen molar-refractivity contribution in [1.82, 2.24) is 9.78 Å². The molecule has 0 aliphatic heterocycles. The highest BCUT2D eigenvalue weighted by molar-refractivity contribution is 5.69. The van der Waals surface area contributed by atoms with Crippen LogP contribution in [0.2, 0.25) is 0 Å². The number of carbonyl (C=O) groups is 1. The molecule has 2 aromatic rings. The molecule has 18 heavy (non-hydrogen) atoms. The van der Waals surface area contributed by atoms with Gasteiger partial charge < -0.3 is 9.15 Å². The van der Waals surface area contributed by atoms with Crippen LogP contribution in [0.1, 0.15) is 0 Å². The highest BCUT2D eigenvalue weighted by Crippen LogP contribution is 2.13. The van der Waals surface area contributed by atoms with Crippen molar-refractivity contribution in [3.05, 3.63) is 53.5 Å². The van der Waals surface area contributed by atoms with E-state index in [0.717, 1.165) is 0 Å². The van der Waals surface area contributed by atoms with Gasteiger partial charge in [-0.15, -0.1) is 5.10 Å². The summed E-state index contributed by atoms with van der Waals surface area (Å²) in [6.45, 7) is 3.39. The van der Waals surface area contributed by atoms with Gasteiger partial charge in [0.2, 0.25) is 5.89 Å². The van der Waals surface area contributed by atoms with E-state index in [2.05, 4.69) is 11.7 Å². The molecule has 0 saturated heterocycles. The number of hydrogen-bond acceptors (Lipinski definition) is 5. The number of rotatable bonds is 3. The van der Waals surface area contributed by atoms with E-state index in [1.165, 1.54) is 6.08 Å². The van der Waals surface area contributed by atoms with E-state index < -0.39 is 11.8 Å². The summed E-state index contributed by atoms with van der Waals surface area (Å²) in [5.74, 6) is -0.820. The zero-order valence-corrected chi connectivity index (χ0v) is 9.41. The van der Waals surface area contributed by atoms with E-state index in [9.17, 15) is 9.59 Å². The molecule has 0 spiro atoms. The second-order valence-electron chi connectivity index (χ2n) is 3.32. The molecule has 0 saturated carbocycles. The monoisotopic (exact) mass is 246 g/mol. The van der Waals surface area contributed by atoms with Crippen molar-refractivity contribution in [3.8, 4) is 11.5 Å². The highest BCUT2D eigenvalue weighted by atomic mass is 16.6. The average Bonchev–Trinajstić information content (AvgIpc) is 2.79. The van der Waals surface area contributed by atoms with Crippen LogP contribution < -0.4 is 5.76 Å². The van der Waals surface area contributed by atoms with Crippen LogP contribution in [0.25, 0.3) is 11.5 Å². The van der Waals surface area contributed by atoms with Gasteiger partial charge in [0.15, 0.2) is 0 Å². The topological polar surface area (TPSA) is 74.3 Å². The molecule has 1 aromatic carbocycles. The Kier molecular flexibility index (Phi) is 3.38. The third kappa shape index (κ3) is 2.37. The van der Waals surface area contributed by atoms with Crippen LogP contribution in [-0.4, -0.2) is 22.5 Å². The zero-order valence-electron chi connectivity index (χ0n) is 9.41. The van der Waals surface area contributed by atoms with Crippen LogP contribution in [0.5, 0.6) is 0 Å². The second-order valence-corrected chi connectivity index (χ2v) is 3.32. The number of ether oxygens (including phenoxy) is 1. The lowest BCUT2D eigenvalue weighted by molar-refractivity contribution is 0.154. The molecule has 0 fully saturated rings. The maximum absolute atomic E-state index is 11.4. The molecule has 0 amide bonds. The molecular weight excluding hydrogens is 236 g/mol. The summed E-state index contributed by atoms with van der Waals surface area (Å²) >= 11 is 0. The molecular formula is C12H10N2O4. The quantitative estimate of drug-likeness (QED) is 0.770. The standard InChI is InChI=1S/C12H10N2O4/c1-2-8-17-11(15)14-12(16)18-10(13-14)9-6-4-3-5-7-9/h2-7H,1,8H2. The predicted octanol–water partition coefficient (Wildman–Crippen LogP) is 1.67. The van der Waals surface area contributed by atoms with Gasteiger partial charge >= 0.3 is 11.8 Å². The minimum atomic E-state index is -0.897. The number of carbonyl (C=O) groups excluding carboxylic acids is 1. The van der Waals surface area contributed by atoms with Gasteiger partial charge in [0, 0.05) is 5.56 Å². The Balaban J connectivity index is 2.30. The summed E-state index contributed by atoms with van der Waals surface area (Å²) in [5, 5.41) is 3.76. The molecule has 0 atom stereocenters. The smallest absolute Gasteiger partial charge is 0.444 e. The first-order valence-electron chi connectivity index (χ1n) is 5.16. The lowest BCUT2D eigenvalue weighted by atomic mass is 10.2. The first kappa shape index (κ1) is 11.8. The van der Waals surface area contributed by atoms with E-state index in [4.69, 9.17) is 9.15 Å². The van der Waals surface area contributed by atoms with Crippen LogP contribution in [0, 0.1) is 0 Å². The molecule has 0 aliphatic carbocycles. The lowest BCUT2D eigenvalue weighted by Gasteiger charge is -1.97. The summed E-state index contributed by atoms with van der Waals surface area (Å²) in [5.41, 5.74) is 0.602. The molecule has 1 heterocycles. The normalized spacial score (nSPS) is 10.0. The molecule has 92 valence electrons. The second kappa shape index (κ2) is 5.13. The van der Waals surface area contributed by atoms with Gasteiger partial charge in [-0.1, -0.05) is 35.5 Å². The van der Waals surface area contributed by atoms with Crippen molar-refractivity contribution in [1.29, 1.82) is 0 Å². The summed E-state index contributed by atoms with van der Waals surface area (Å²) in [6.07, 6.45) is 0.493. The molecule has 6 heteroatoms. The molecule has 0 N–H and O–H groups in total. The first-order chi connectivity index (χ1) is 8.72. The Labute approximate surface area is 102 Å². The fraction of sp³-hybridized carbons (Fsp3) is 0.0833. The first-order valence-corrected chi connectivity index (χ1v) is 5.16. The van der Waals surface area contributed by atoms with Crippen LogP contribution in [0.4, 0.5) is 4.79 Å². The fourth-order valence-corrected chi connectivity index (χ4v) is 1.28. The molecule has 0 unspecified atom stereocenters. The summed E-state index contributed by atoms with van der Waals surface area (Å²) < 4.78 is 10.1. The third-order valence-corrected chi connectivity index (χ3v) is 2.07. The summed E-state index contributed by atoms with van der Waals surface area (Å²) in [7, 11) is 0. The van der Waals surface area contributed by atoms with Crippen LogP contribution in [-0.2, 0) is 4.74 Å². The van der Waals surface area contributed by atoms with E-state index in [1.807, 2.05) is 6.07 Å². The van der Waals surface area contributed by atoms with Gasteiger partial charge in [-0.2, -0.15) is 0 Å². The minimum absolute atomic E-state index is 0.00119. The van der Waals surface area contributed by atoms with Gasteiger partial charge in [0.25, 0.3) is 0 Å².